The summed E-state index contributed by atoms with van der Waals surface area (Å²) in [6.07, 6.45) is 1.63. The number of aryl methyl sites for hydroxylation is 2. The lowest BCUT2D eigenvalue weighted by Gasteiger charge is -1.90. The first-order valence-electron chi connectivity index (χ1n) is 8.20. The average Bonchev–Trinajstić information content (AvgIpc) is 3.24. The molecule has 4 rings (SSSR count). The van der Waals surface area contributed by atoms with Crippen LogP contribution in [0.15, 0.2) is 9.59 Å². The summed E-state index contributed by atoms with van der Waals surface area (Å²) < 4.78 is 9.51. The molecule has 9 nitrogen and oxygen atoms in total. The van der Waals surface area contributed by atoms with Crippen LogP contribution in [0.25, 0.3) is 20.7 Å². The van der Waals surface area contributed by atoms with Crippen molar-refractivity contribution in [1.29, 1.82) is 0 Å². The van der Waals surface area contributed by atoms with Crippen LogP contribution in [0, 0.1) is 0 Å². The van der Waals surface area contributed by atoms with E-state index in [-0.39, 0.29) is 5.28 Å². The Morgan fingerprint density at radius 2 is 1.42 bits per heavy atom. The van der Waals surface area contributed by atoms with Crippen LogP contribution in [0.2, 0.25) is 10.4 Å². The highest BCUT2D eigenvalue weighted by Gasteiger charge is 2.10. The van der Waals surface area contributed by atoms with Crippen LogP contribution in [-0.4, -0.2) is 29.9 Å². The minimum absolute atomic E-state index is 0.170. The van der Waals surface area contributed by atoms with Crippen molar-refractivity contribution in [3.63, 3.8) is 0 Å². The third-order valence-electron chi connectivity index (χ3n) is 3.18. The molecule has 0 fully saturated rings. The molecule has 0 amide bonds. The number of nitrogens with one attached hydrogen (secondary N) is 2. The van der Waals surface area contributed by atoms with E-state index >= 15 is 0 Å². The van der Waals surface area contributed by atoms with Crippen molar-refractivity contribution in [2.24, 2.45) is 0 Å². The summed E-state index contributed by atoms with van der Waals surface area (Å²) in [7, 11) is 0. The van der Waals surface area contributed by atoms with Crippen LogP contribution in [0.5, 0.6) is 0 Å². The number of halogens is 5. The van der Waals surface area contributed by atoms with Crippen LogP contribution in [0.1, 0.15) is 23.9 Å². The second-order valence-electron chi connectivity index (χ2n) is 5.34. The molecule has 0 aliphatic heterocycles. The maximum absolute atomic E-state index is 11.2. The average molecular weight is 585 g/mol. The largest absolute Gasteiger partial charge is 0.339 e. The molecule has 168 valence electrons. The maximum atomic E-state index is 11.2. The summed E-state index contributed by atoms with van der Waals surface area (Å²) in [5, 5.41) is -0.884. The van der Waals surface area contributed by atoms with Crippen molar-refractivity contribution < 1.29 is 4.57 Å². The van der Waals surface area contributed by atoms with Crippen LogP contribution < -0.4 is 11.2 Å². The van der Waals surface area contributed by atoms with E-state index in [0.717, 1.165) is 27.7 Å². The molecule has 17 heteroatoms. The third kappa shape index (κ3) is 8.25. The minimum atomic E-state index is -3.22. The molecule has 0 spiro atoms. The Bertz CT molecular complexity index is 1360. The van der Waals surface area contributed by atoms with Crippen molar-refractivity contribution in [1.82, 2.24) is 29.9 Å². The van der Waals surface area contributed by atoms with Gasteiger partial charge in [-0.05, 0) is 58.2 Å². The lowest BCUT2D eigenvalue weighted by Crippen LogP contribution is -2.21. The minimum Gasteiger partial charge on any atom is -0.297 e. The molecule has 0 aliphatic rings. The highest BCUT2D eigenvalue weighted by Crippen LogP contribution is 2.61. The van der Waals surface area contributed by atoms with Crippen LogP contribution in [0.4, 0.5) is 0 Å². The van der Waals surface area contributed by atoms with E-state index in [4.69, 9.17) is 23.2 Å². The van der Waals surface area contributed by atoms with Gasteiger partial charge in [-0.1, -0.05) is 36.8 Å². The standard InChI is InChI=1S/C7H5Cl2N3S.C7H7N3O2S.Cl3OP/c1-2-3-10-4-5(8)11-7(9)12-6(4)13-3;1-2-3-8-4-5(11)9-7(12)10-6(4)13-3;1-5(2,3)4/h2H2,1H3;2H2,1H3,(H2,9,10,11,12);. The van der Waals surface area contributed by atoms with Crippen molar-refractivity contribution in [3.05, 3.63) is 41.3 Å². The lowest BCUT2D eigenvalue weighted by atomic mass is 10.5. The van der Waals surface area contributed by atoms with Gasteiger partial charge in [-0.3, -0.25) is 19.3 Å². The molecule has 0 atom stereocenters. The second kappa shape index (κ2) is 11.4. The Labute approximate surface area is 206 Å². The van der Waals surface area contributed by atoms with E-state index in [1.54, 1.807) is 0 Å². The van der Waals surface area contributed by atoms with Gasteiger partial charge in [-0.25, -0.2) is 24.7 Å². The van der Waals surface area contributed by atoms with E-state index in [0.29, 0.717) is 21.0 Å². The molecule has 4 aromatic rings. The third-order valence-corrected chi connectivity index (χ3v) is 5.82. The normalized spacial score (nSPS) is 11.1. The number of rotatable bonds is 2. The highest BCUT2D eigenvalue weighted by molar-refractivity contribution is 8.24. The van der Waals surface area contributed by atoms with Crippen molar-refractivity contribution in [2.75, 3.05) is 0 Å². The summed E-state index contributed by atoms with van der Waals surface area (Å²) in [5.41, 5.74) is 0.0628. The number of aromatic nitrogens is 6. The molecular formula is C14H12Cl5N6O3PS2. The van der Waals surface area contributed by atoms with E-state index in [2.05, 4.69) is 63.6 Å². The Morgan fingerprint density at radius 1 is 0.871 bits per heavy atom. The Kier molecular flexibility index (Phi) is 9.72. The molecule has 0 saturated carbocycles. The molecule has 31 heavy (non-hydrogen) atoms. The van der Waals surface area contributed by atoms with Gasteiger partial charge in [0.2, 0.25) is 5.28 Å². The van der Waals surface area contributed by atoms with Gasteiger partial charge < -0.3 is 0 Å². The maximum Gasteiger partial charge on any atom is 0.339 e. The lowest BCUT2D eigenvalue weighted by molar-refractivity contribution is 0.600. The zero-order valence-corrected chi connectivity index (χ0v) is 21.9. The van der Waals surface area contributed by atoms with Gasteiger partial charge in [0.1, 0.15) is 15.2 Å². The Balaban J connectivity index is 0.000000182. The first kappa shape index (κ1) is 26.5. The second-order valence-corrected chi connectivity index (χ2v) is 14.8. The number of fused-ring (bicyclic) bond motifs is 2. The molecule has 0 aliphatic carbocycles. The van der Waals surface area contributed by atoms with Gasteiger partial charge in [-0.15, -0.1) is 11.3 Å². The van der Waals surface area contributed by atoms with E-state index in [1.165, 1.54) is 22.7 Å². The Hall–Kier alpha value is -0.780. The smallest absolute Gasteiger partial charge is 0.297 e. The first-order valence-corrected chi connectivity index (χ1v) is 15.0. The molecule has 0 aromatic carbocycles. The van der Waals surface area contributed by atoms with Gasteiger partial charge in [0.05, 0.1) is 10.0 Å². The molecule has 4 heterocycles. The summed E-state index contributed by atoms with van der Waals surface area (Å²) in [6.45, 7) is 3.98. The number of thiazole rings is 2. The van der Waals surface area contributed by atoms with Crippen molar-refractivity contribution in [2.45, 2.75) is 26.7 Å². The summed E-state index contributed by atoms with van der Waals surface area (Å²) >= 11 is 28.2. The first-order chi connectivity index (χ1) is 14.4. The highest BCUT2D eigenvalue weighted by atomic mass is 36.0. The fourth-order valence-corrected chi connectivity index (χ4v) is 4.31. The van der Waals surface area contributed by atoms with Gasteiger partial charge in [0.25, 0.3) is 5.56 Å². The predicted molar refractivity (Wildman–Crippen MR) is 130 cm³/mol. The predicted octanol–water partition coefficient (Wildman–Crippen LogP) is 6.00. The van der Waals surface area contributed by atoms with E-state index in [9.17, 15) is 14.2 Å². The van der Waals surface area contributed by atoms with E-state index in [1.807, 2.05) is 13.8 Å². The fourth-order valence-electron chi connectivity index (χ4n) is 2.01. The number of aromatic amines is 2. The van der Waals surface area contributed by atoms with Crippen molar-refractivity contribution in [3.8, 4) is 0 Å². The van der Waals surface area contributed by atoms with Crippen molar-refractivity contribution >= 4 is 105 Å². The number of nitrogens with zero attached hydrogens (tertiary/aromatic N) is 4. The van der Waals surface area contributed by atoms with Gasteiger partial charge in [-0.2, -0.15) is 0 Å². The summed E-state index contributed by atoms with van der Waals surface area (Å²) in [4.78, 5) is 44.2. The fraction of sp³-hybridized carbons (Fsp3) is 0.286. The Morgan fingerprint density at radius 3 is 2.00 bits per heavy atom. The van der Waals surface area contributed by atoms with Gasteiger partial charge in [0.15, 0.2) is 10.7 Å². The van der Waals surface area contributed by atoms with Crippen LogP contribution >= 0.6 is 84.8 Å². The topological polar surface area (TPSA) is 134 Å². The molecule has 4 aromatic heterocycles. The number of H-pyrrole nitrogens is 2. The molecular weight excluding hydrogens is 573 g/mol. The number of hydrogen-bond acceptors (Lipinski definition) is 9. The SMILES string of the molecule is CCc1nc2c(=O)[nH]c(=O)[nH]c2s1.CCc1nc2c(Cl)nc(Cl)nc2s1.O=P(Cl)(Cl)Cl. The van der Waals surface area contributed by atoms with E-state index < -0.39 is 16.4 Å². The van der Waals surface area contributed by atoms with Crippen LogP contribution in [-0.2, 0) is 17.4 Å². The van der Waals surface area contributed by atoms with Crippen LogP contribution in [0.3, 0.4) is 0 Å². The zero-order chi connectivity index (χ0) is 23.3. The van der Waals surface area contributed by atoms with Gasteiger partial charge in [0, 0.05) is 0 Å². The molecule has 0 saturated heterocycles. The molecule has 2 N–H and O–H groups in total. The summed E-state index contributed by atoms with van der Waals surface area (Å²) in [6, 6.07) is 0. The zero-order valence-electron chi connectivity index (χ0n) is 15.6. The van der Waals surface area contributed by atoms with Gasteiger partial charge >= 0.3 is 10.9 Å². The molecule has 0 bridgehead atoms. The number of hydrogen-bond donors (Lipinski definition) is 2. The quantitative estimate of drug-likeness (QED) is 0.168. The molecule has 0 radical (unpaired) electrons. The monoisotopic (exact) mass is 582 g/mol. The summed E-state index contributed by atoms with van der Waals surface area (Å²) in [5.74, 6) is 0. The molecule has 0 unspecified atom stereocenters.